The van der Waals surface area contributed by atoms with Crippen molar-refractivity contribution in [3.05, 3.63) is 65.3 Å². The van der Waals surface area contributed by atoms with Gasteiger partial charge in [-0.1, -0.05) is 23.4 Å². The molecule has 32 heavy (non-hydrogen) atoms. The molecule has 0 N–H and O–H groups in total. The van der Waals surface area contributed by atoms with Gasteiger partial charge in [-0.25, -0.2) is 0 Å². The van der Waals surface area contributed by atoms with E-state index in [1.54, 1.807) is 12.0 Å². The number of nitrogens with zero attached hydrogens (tertiary/aromatic N) is 4. The number of aromatic nitrogens is 2. The van der Waals surface area contributed by atoms with Crippen molar-refractivity contribution in [2.24, 2.45) is 0 Å². The molecule has 8 nitrogen and oxygen atoms in total. The predicted octanol–water partition coefficient (Wildman–Crippen LogP) is 3.33. The maximum absolute atomic E-state index is 13.2. The van der Waals surface area contributed by atoms with Gasteiger partial charge in [-0.3, -0.25) is 9.78 Å². The second-order valence-corrected chi connectivity index (χ2v) is 8.12. The van der Waals surface area contributed by atoms with Crippen LogP contribution in [-0.2, 0) is 11.3 Å². The number of morpholine rings is 1. The summed E-state index contributed by atoms with van der Waals surface area (Å²) in [7, 11) is 5.55. The summed E-state index contributed by atoms with van der Waals surface area (Å²) >= 11 is 0. The van der Waals surface area contributed by atoms with E-state index >= 15 is 0 Å². The number of rotatable bonds is 6. The van der Waals surface area contributed by atoms with Gasteiger partial charge in [0, 0.05) is 30.4 Å². The topological polar surface area (TPSA) is 80.9 Å². The first-order valence-corrected chi connectivity index (χ1v) is 10.6. The summed E-state index contributed by atoms with van der Waals surface area (Å²) in [6.07, 6.45) is 1.53. The Morgan fingerprint density at radius 3 is 2.81 bits per heavy atom. The van der Waals surface area contributed by atoms with Crippen LogP contribution in [0.4, 0.5) is 0 Å². The zero-order valence-corrected chi connectivity index (χ0v) is 18.9. The van der Waals surface area contributed by atoms with E-state index in [-0.39, 0.29) is 12.0 Å². The molecule has 2 aromatic heterocycles. The number of ether oxygens (including phenoxy) is 2. The Labute approximate surface area is 187 Å². The molecule has 0 radical (unpaired) electrons. The second-order valence-electron chi connectivity index (χ2n) is 8.12. The van der Waals surface area contributed by atoms with Crippen molar-refractivity contribution in [1.82, 2.24) is 19.9 Å². The zero-order chi connectivity index (χ0) is 22.7. The highest BCUT2D eigenvalue weighted by atomic mass is 16.5. The van der Waals surface area contributed by atoms with Crippen molar-refractivity contribution in [2.75, 3.05) is 40.9 Å². The quantitative estimate of drug-likeness (QED) is 0.586. The molecule has 1 atom stereocenters. The molecule has 4 rings (SSSR count). The summed E-state index contributed by atoms with van der Waals surface area (Å²) in [5.41, 5.74) is 4.00. The third-order valence-electron chi connectivity index (χ3n) is 5.53. The van der Waals surface area contributed by atoms with Crippen LogP contribution in [0, 0.1) is 6.92 Å². The Balaban J connectivity index is 1.49. The molecule has 1 unspecified atom stereocenters. The summed E-state index contributed by atoms with van der Waals surface area (Å²) in [6, 6.07) is 11.8. The highest BCUT2D eigenvalue weighted by molar-refractivity contribution is 5.94. The average Bonchev–Trinajstić information content (AvgIpc) is 3.18. The number of aryl methyl sites for hydroxylation is 1. The van der Waals surface area contributed by atoms with Crippen molar-refractivity contribution in [1.29, 1.82) is 0 Å². The summed E-state index contributed by atoms with van der Waals surface area (Å²) in [6.45, 7) is 3.79. The fraction of sp³-hybridized carbons (Fsp3) is 0.375. The number of carbonyl (C=O) groups excluding carboxylic acids is 1. The molecule has 0 bridgehead atoms. The van der Waals surface area contributed by atoms with E-state index in [4.69, 9.17) is 14.0 Å². The van der Waals surface area contributed by atoms with Crippen molar-refractivity contribution < 1.29 is 18.8 Å². The van der Waals surface area contributed by atoms with Crippen molar-refractivity contribution in [3.8, 4) is 16.9 Å². The van der Waals surface area contributed by atoms with Gasteiger partial charge in [0.25, 0.3) is 5.91 Å². The molecular weight excluding hydrogens is 408 g/mol. The van der Waals surface area contributed by atoms with E-state index in [9.17, 15) is 4.79 Å². The highest BCUT2D eigenvalue weighted by Gasteiger charge is 2.30. The summed E-state index contributed by atoms with van der Waals surface area (Å²) < 4.78 is 16.6. The molecule has 3 aromatic rings. The Morgan fingerprint density at radius 2 is 2.09 bits per heavy atom. The summed E-state index contributed by atoms with van der Waals surface area (Å²) in [5, 5.41) is 4.04. The number of hydrogen-bond acceptors (Lipinski definition) is 7. The van der Waals surface area contributed by atoms with Gasteiger partial charge < -0.3 is 23.8 Å². The molecule has 0 saturated carbocycles. The second kappa shape index (κ2) is 9.50. The molecule has 168 valence electrons. The lowest BCUT2D eigenvalue weighted by Gasteiger charge is -2.32. The molecular formula is C24H28N4O4. The van der Waals surface area contributed by atoms with E-state index in [0.29, 0.717) is 37.7 Å². The van der Waals surface area contributed by atoms with E-state index in [0.717, 1.165) is 28.1 Å². The van der Waals surface area contributed by atoms with E-state index in [1.807, 2.05) is 68.5 Å². The highest BCUT2D eigenvalue weighted by Crippen LogP contribution is 2.27. The number of hydrogen-bond donors (Lipinski definition) is 0. The van der Waals surface area contributed by atoms with Crippen LogP contribution in [0.15, 0.2) is 47.1 Å². The average molecular weight is 437 g/mol. The molecule has 8 heteroatoms. The summed E-state index contributed by atoms with van der Waals surface area (Å²) in [5.74, 6) is 1.33. The SMILES string of the molecule is COc1cccc(-c2ccc(C3CN(C(=O)c4noc(C)c4CN(C)C)CCO3)nc2)c1. The van der Waals surface area contributed by atoms with Gasteiger partial charge in [-0.05, 0) is 44.8 Å². The predicted molar refractivity (Wildman–Crippen MR) is 119 cm³/mol. The lowest BCUT2D eigenvalue weighted by Crippen LogP contribution is -2.43. The maximum atomic E-state index is 13.2. The Bertz CT molecular complexity index is 1080. The molecule has 0 aliphatic carbocycles. The van der Waals surface area contributed by atoms with Crippen molar-refractivity contribution >= 4 is 5.91 Å². The third-order valence-corrected chi connectivity index (χ3v) is 5.53. The van der Waals surface area contributed by atoms with E-state index in [1.165, 1.54) is 0 Å². The lowest BCUT2D eigenvalue weighted by molar-refractivity contribution is -0.0250. The number of pyridine rings is 1. The molecule has 1 fully saturated rings. The number of carbonyl (C=O) groups is 1. The Morgan fingerprint density at radius 1 is 1.25 bits per heavy atom. The smallest absolute Gasteiger partial charge is 0.276 e. The van der Waals surface area contributed by atoms with Crippen LogP contribution in [0.25, 0.3) is 11.1 Å². The molecule has 1 amide bonds. The first kappa shape index (κ1) is 22.0. The molecule has 1 saturated heterocycles. The van der Waals surface area contributed by atoms with Crippen molar-refractivity contribution in [2.45, 2.75) is 19.6 Å². The van der Waals surface area contributed by atoms with E-state index < -0.39 is 0 Å². The molecule has 3 heterocycles. The largest absolute Gasteiger partial charge is 0.497 e. The molecule has 1 aliphatic heterocycles. The third kappa shape index (κ3) is 4.66. The first-order valence-electron chi connectivity index (χ1n) is 10.6. The fourth-order valence-electron chi connectivity index (χ4n) is 3.79. The van der Waals surface area contributed by atoms with Crippen LogP contribution >= 0.6 is 0 Å². The lowest BCUT2D eigenvalue weighted by atomic mass is 10.1. The van der Waals surface area contributed by atoms with Gasteiger partial charge in [0.2, 0.25) is 0 Å². The van der Waals surface area contributed by atoms with Crippen LogP contribution in [0.1, 0.15) is 33.6 Å². The normalized spacial score (nSPS) is 16.4. The zero-order valence-electron chi connectivity index (χ0n) is 18.9. The van der Waals surface area contributed by atoms with Crippen LogP contribution in [0.3, 0.4) is 0 Å². The van der Waals surface area contributed by atoms with Gasteiger partial charge in [0.15, 0.2) is 5.69 Å². The van der Waals surface area contributed by atoms with Gasteiger partial charge in [-0.2, -0.15) is 0 Å². The first-order chi connectivity index (χ1) is 15.5. The van der Waals surface area contributed by atoms with Crippen LogP contribution < -0.4 is 4.74 Å². The minimum absolute atomic E-state index is 0.139. The standard InChI is InChI=1S/C24H28N4O4/c1-16-20(14-27(2)3)23(26-32-16)24(29)28-10-11-31-22(15-28)21-9-8-18(13-25-21)17-6-5-7-19(12-17)30-4/h5-9,12-13,22H,10-11,14-15H2,1-4H3. The number of benzene rings is 1. The molecule has 0 spiro atoms. The maximum Gasteiger partial charge on any atom is 0.276 e. The van der Waals surface area contributed by atoms with Gasteiger partial charge in [0.05, 0.1) is 26.0 Å². The van der Waals surface area contributed by atoms with Gasteiger partial charge in [-0.15, -0.1) is 0 Å². The minimum atomic E-state index is -0.294. The molecule has 1 aromatic carbocycles. The minimum Gasteiger partial charge on any atom is -0.497 e. The fourth-order valence-corrected chi connectivity index (χ4v) is 3.79. The van der Waals surface area contributed by atoms with E-state index in [2.05, 4.69) is 10.1 Å². The van der Waals surface area contributed by atoms with Crippen LogP contribution in [0.2, 0.25) is 0 Å². The van der Waals surface area contributed by atoms with Gasteiger partial charge in [0.1, 0.15) is 17.6 Å². The van der Waals surface area contributed by atoms with Crippen molar-refractivity contribution in [3.63, 3.8) is 0 Å². The van der Waals surface area contributed by atoms with Crippen LogP contribution in [0.5, 0.6) is 5.75 Å². The van der Waals surface area contributed by atoms with Gasteiger partial charge >= 0.3 is 0 Å². The summed E-state index contributed by atoms with van der Waals surface area (Å²) in [4.78, 5) is 21.6. The van der Waals surface area contributed by atoms with Crippen LogP contribution in [-0.4, -0.2) is 66.7 Å². The monoisotopic (exact) mass is 436 g/mol. The Hall–Kier alpha value is -3.23. The number of methoxy groups -OCH3 is 1. The number of amides is 1. The molecule has 1 aliphatic rings. The Kier molecular flexibility index (Phi) is 6.53.